The predicted molar refractivity (Wildman–Crippen MR) is 209 cm³/mol. The maximum absolute atomic E-state index is 9.54. The molecular weight excluding hydrogens is 629 g/mol. The van der Waals surface area contributed by atoms with E-state index in [9.17, 15) is 4.11 Å². The summed E-state index contributed by atoms with van der Waals surface area (Å²) >= 11 is 1.05. The standard InChI is InChI=1S/C45H28N4S/c1-3-14-29(15-4-1)43-46-44(30-16-5-2-6-17-30)48-45(47-43)31-26-27-40(49-38-23-10-7-18-32(38)33-19-8-11-24-39(33)49)37(28-31)36-22-13-21-35-34-20-9-12-25-41(34)50-42(35)36/h1-28H/i7D,8D,9D,13D,18D,19D,20D,21D,22D,23D,24D,25D. The molecule has 0 atom stereocenters. The monoisotopic (exact) mass is 668 g/mol. The normalized spacial score (nSPS) is 15.0. The van der Waals surface area contributed by atoms with E-state index < -0.39 is 6.04 Å². The van der Waals surface area contributed by atoms with Gasteiger partial charge in [-0.2, -0.15) is 0 Å². The molecule has 4 nitrogen and oxygen atoms in total. The van der Waals surface area contributed by atoms with Gasteiger partial charge in [0.15, 0.2) is 17.5 Å². The molecule has 0 bridgehead atoms. The Kier molecular flexibility index (Phi) is 4.40. The summed E-state index contributed by atoms with van der Waals surface area (Å²) in [6.07, 6.45) is 0. The molecule has 3 aromatic heterocycles. The summed E-state index contributed by atoms with van der Waals surface area (Å²) in [7, 11) is 0. The Balaban J connectivity index is 1.39. The van der Waals surface area contributed by atoms with E-state index >= 15 is 0 Å². The van der Waals surface area contributed by atoms with Gasteiger partial charge in [0.1, 0.15) is 0 Å². The van der Waals surface area contributed by atoms with Crippen LogP contribution in [-0.4, -0.2) is 19.5 Å². The van der Waals surface area contributed by atoms with Crippen LogP contribution in [0.15, 0.2) is 170 Å². The molecule has 50 heavy (non-hydrogen) atoms. The van der Waals surface area contributed by atoms with Crippen molar-refractivity contribution in [3.8, 4) is 51.0 Å². The third kappa shape index (κ3) is 4.63. The van der Waals surface area contributed by atoms with Gasteiger partial charge < -0.3 is 4.57 Å². The fourth-order valence-corrected chi connectivity index (χ4v) is 7.42. The van der Waals surface area contributed by atoms with Crippen LogP contribution in [0.25, 0.3) is 93.0 Å². The summed E-state index contributed by atoms with van der Waals surface area (Å²) in [5.41, 5.74) is 2.58. The Bertz CT molecular complexity index is 3430. The first-order valence-corrected chi connectivity index (χ1v) is 16.5. The molecule has 0 aliphatic carbocycles. The van der Waals surface area contributed by atoms with Crippen LogP contribution >= 0.6 is 11.3 Å². The van der Waals surface area contributed by atoms with Crippen LogP contribution in [0.3, 0.4) is 0 Å². The van der Waals surface area contributed by atoms with Gasteiger partial charge in [-0.25, -0.2) is 15.0 Å². The van der Waals surface area contributed by atoms with Crippen molar-refractivity contribution in [3.63, 3.8) is 0 Å². The molecule has 0 amide bonds. The van der Waals surface area contributed by atoms with Gasteiger partial charge in [0.05, 0.1) is 33.2 Å². The van der Waals surface area contributed by atoms with Gasteiger partial charge in [0.25, 0.3) is 0 Å². The third-order valence-corrected chi connectivity index (χ3v) is 9.71. The Morgan fingerprint density at radius 3 is 1.66 bits per heavy atom. The zero-order valence-corrected chi connectivity index (χ0v) is 26.8. The fraction of sp³-hybridized carbons (Fsp3) is 0. The minimum Gasteiger partial charge on any atom is -0.309 e. The van der Waals surface area contributed by atoms with Gasteiger partial charge in [-0.3, -0.25) is 0 Å². The molecular formula is C45H28N4S. The molecule has 10 rings (SSSR count). The summed E-state index contributed by atoms with van der Waals surface area (Å²) in [6.45, 7) is 0. The number of para-hydroxylation sites is 2. The van der Waals surface area contributed by atoms with E-state index in [-0.39, 0.29) is 126 Å². The van der Waals surface area contributed by atoms with Gasteiger partial charge in [-0.05, 0) is 36.3 Å². The molecule has 10 aromatic rings. The molecule has 234 valence electrons. The van der Waals surface area contributed by atoms with E-state index in [2.05, 4.69) is 0 Å². The summed E-state index contributed by atoms with van der Waals surface area (Å²) in [6, 6.07) is 24.1. The predicted octanol–water partition coefficient (Wildman–Crippen LogP) is 12.0. The first-order chi connectivity index (χ1) is 29.7. The Morgan fingerprint density at radius 2 is 1.02 bits per heavy atom. The molecule has 0 aliphatic rings. The van der Waals surface area contributed by atoms with Crippen molar-refractivity contribution >= 4 is 53.3 Å². The second-order valence-electron chi connectivity index (χ2n) is 11.5. The smallest absolute Gasteiger partial charge is 0.164 e. The summed E-state index contributed by atoms with van der Waals surface area (Å²) < 4.78 is 109. The zero-order valence-electron chi connectivity index (χ0n) is 37.9. The van der Waals surface area contributed by atoms with Crippen LogP contribution in [0.1, 0.15) is 16.4 Å². The average molecular weight is 669 g/mol. The lowest BCUT2D eigenvalue weighted by Gasteiger charge is -2.17. The van der Waals surface area contributed by atoms with Gasteiger partial charge in [0.2, 0.25) is 0 Å². The number of nitrogens with zero attached hydrogens (tertiary/aromatic N) is 4. The topological polar surface area (TPSA) is 43.6 Å². The SMILES string of the molecule is [2H]c1cc([2H])c2sc3c(-c4cc(-c5nc(-c6ccccc6)nc(-c6ccccc6)n5)ccc4-n4c5c([2H])cc([2H])c([2H])c5c5c([2H])c([2H])cc([2H])c54)c([2H])c([2H])c([2H])c3c2c1[2H]. The molecule has 0 radical (unpaired) electrons. The summed E-state index contributed by atoms with van der Waals surface area (Å²) in [4.78, 5) is 14.7. The zero-order chi connectivity index (χ0) is 43.5. The van der Waals surface area contributed by atoms with Gasteiger partial charge in [-0.1, -0.05) is 133 Å². The summed E-state index contributed by atoms with van der Waals surface area (Å²) in [5, 5.41) is 0.310. The first kappa shape index (κ1) is 18.9. The molecule has 0 aliphatic heterocycles. The van der Waals surface area contributed by atoms with Crippen molar-refractivity contribution in [1.82, 2.24) is 19.5 Å². The maximum Gasteiger partial charge on any atom is 0.164 e. The maximum atomic E-state index is 9.54. The molecule has 5 heteroatoms. The minimum absolute atomic E-state index is 0.0269. The van der Waals surface area contributed by atoms with Crippen molar-refractivity contribution < 1.29 is 16.4 Å². The van der Waals surface area contributed by atoms with Crippen molar-refractivity contribution in [1.29, 1.82) is 0 Å². The van der Waals surface area contributed by atoms with E-state index in [1.807, 2.05) is 60.7 Å². The second-order valence-corrected chi connectivity index (χ2v) is 12.5. The molecule has 0 spiro atoms. The average Bonchev–Trinajstić information content (AvgIpc) is 3.86. The molecule has 0 unspecified atom stereocenters. The van der Waals surface area contributed by atoms with Crippen LogP contribution in [0.5, 0.6) is 0 Å². The molecule has 0 saturated heterocycles. The largest absolute Gasteiger partial charge is 0.309 e. The van der Waals surface area contributed by atoms with Gasteiger partial charge >= 0.3 is 0 Å². The van der Waals surface area contributed by atoms with Gasteiger partial charge in [0, 0.05) is 58.8 Å². The van der Waals surface area contributed by atoms with Gasteiger partial charge in [-0.15, -0.1) is 11.3 Å². The number of hydrogen-bond acceptors (Lipinski definition) is 4. The molecule has 0 saturated carbocycles. The van der Waals surface area contributed by atoms with Crippen molar-refractivity contribution in [2.75, 3.05) is 0 Å². The van der Waals surface area contributed by atoms with E-state index in [1.54, 1.807) is 18.2 Å². The highest BCUT2D eigenvalue weighted by Gasteiger charge is 2.20. The van der Waals surface area contributed by atoms with Crippen molar-refractivity contribution in [3.05, 3.63) is 170 Å². The molecule has 0 fully saturated rings. The van der Waals surface area contributed by atoms with Crippen LogP contribution in [0.2, 0.25) is 0 Å². The number of benzene rings is 7. The second kappa shape index (κ2) is 11.6. The molecule has 3 heterocycles. The third-order valence-electron chi connectivity index (χ3n) is 8.57. The van der Waals surface area contributed by atoms with Crippen LogP contribution < -0.4 is 0 Å². The number of thiophene rings is 1. The molecule has 0 N–H and O–H groups in total. The number of rotatable bonds is 5. The lowest BCUT2D eigenvalue weighted by Crippen LogP contribution is -2.02. The molecule has 7 aromatic carbocycles. The highest BCUT2D eigenvalue weighted by molar-refractivity contribution is 7.26. The van der Waals surface area contributed by atoms with Crippen LogP contribution in [-0.2, 0) is 0 Å². The van der Waals surface area contributed by atoms with E-state index in [0.29, 0.717) is 21.9 Å². The van der Waals surface area contributed by atoms with Crippen LogP contribution in [0, 0.1) is 0 Å². The minimum atomic E-state index is -0.480. The van der Waals surface area contributed by atoms with E-state index in [1.165, 1.54) is 22.8 Å². The van der Waals surface area contributed by atoms with Crippen LogP contribution in [0.4, 0.5) is 0 Å². The number of aromatic nitrogens is 4. The Labute approximate surface area is 309 Å². The number of fused-ring (bicyclic) bond motifs is 6. The lowest BCUT2D eigenvalue weighted by molar-refractivity contribution is 1.07. The first-order valence-electron chi connectivity index (χ1n) is 21.7. The Hall–Kier alpha value is -6.43. The van der Waals surface area contributed by atoms with Crippen molar-refractivity contribution in [2.24, 2.45) is 0 Å². The Morgan fingerprint density at radius 1 is 0.460 bits per heavy atom. The highest BCUT2D eigenvalue weighted by Crippen LogP contribution is 2.44. The number of hydrogen-bond donors (Lipinski definition) is 0. The van der Waals surface area contributed by atoms with Crippen molar-refractivity contribution in [2.45, 2.75) is 0 Å². The fourth-order valence-electron chi connectivity index (χ4n) is 6.32. The lowest BCUT2D eigenvalue weighted by atomic mass is 9.98. The summed E-state index contributed by atoms with van der Waals surface area (Å²) in [5.74, 6) is 0.985. The quantitative estimate of drug-likeness (QED) is 0.183. The highest BCUT2D eigenvalue weighted by atomic mass is 32.1. The van der Waals surface area contributed by atoms with E-state index in [4.69, 9.17) is 27.3 Å². The van der Waals surface area contributed by atoms with E-state index in [0.717, 1.165) is 22.5 Å².